The number of carbonyl (C=O) groups is 2. The number of rotatable bonds is 4. The first kappa shape index (κ1) is 14.4. The van der Waals surface area contributed by atoms with Gasteiger partial charge in [0.15, 0.2) is 0 Å². The fraction of sp³-hybridized carbons (Fsp3) is 0.467. The van der Waals surface area contributed by atoms with E-state index in [1.54, 1.807) is 4.90 Å². The minimum Gasteiger partial charge on any atom is -0.481 e. The standard InChI is InChI=1S/C15H20N2O3/c18-14(19)13-7-4-10-17(11-13)15(20)16-9-8-12-5-2-1-3-6-12/h1-3,5-6,13H,4,7-11H2,(H,16,20)(H,18,19)/t13-/m0/s1. The first-order valence-electron chi connectivity index (χ1n) is 6.96. The van der Waals surface area contributed by atoms with Crippen LogP contribution in [0.1, 0.15) is 18.4 Å². The Labute approximate surface area is 118 Å². The van der Waals surface area contributed by atoms with E-state index >= 15 is 0 Å². The quantitative estimate of drug-likeness (QED) is 0.880. The summed E-state index contributed by atoms with van der Waals surface area (Å²) in [6, 6.07) is 9.79. The molecule has 1 atom stereocenters. The summed E-state index contributed by atoms with van der Waals surface area (Å²) in [5.41, 5.74) is 1.18. The highest BCUT2D eigenvalue weighted by molar-refractivity contribution is 5.76. The van der Waals surface area contributed by atoms with Crippen LogP contribution in [0.2, 0.25) is 0 Å². The van der Waals surface area contributed by atoms with E-state index in [4.69, 9.17) is 5.11 Å². The van der Waals surface area contributed by atoms with Crippen molar-refractivity contribution in [3.63, 3.8) is 0 Å². The predicted octanol–water partition coefficient (Wildman–Crippen LogP) is 1.74. The number of hydrogen-bond acceptors (Lipinski definition) is 2. The number of carboxylic acid groups (broad SMARTS) is 1. The maximum absolute atomic E-state index is 12.0. The molecule has 0 bridgehead atoms. The van der Waals surface area contributed by atoms with Gasteiger partial charge in [-0.05, 0) is 24.8 Å². The van der Waals surface area contributed by atoms with E-state index in [9.17, 15) is 9.59 Å². The fourth-order valence-corrected chi connectivity index (χ4v) is 2.43. The van der Waals surface area contributed by atoms with E-state index in [1.807, 2.05) is 30.3 Å². The van der Waals surface area contributed by atoms with Crippen molar-refractivity contribution in [2.45, 2.75) is 19.3 Å². The number of benzene rings is 1. The highest BCUT2D eigenvalue weighted by Gasteiger charge is 2.27. The summed E-state index contributed by atoms with van der Waals surface area (Å²) in [5, 5.41) is 11.9. The van der Waals surface area contributed by atoms with Crippen molar-refractivity contribution in [3.05, 3.63) is 35.9 Å². The second kappa shape index (κ2) is 6.93. The second-order valence-electron chi connectivity index (χ2n) is 5.09. The summed E-state index contributed by atoms with van der Waals surface area (Å²) in [5.74, 6) is -1.24. The van der Waals surface area contributed by atoms with Gasteiger partial charge in [-0.1, -0.05) is 30.3 Å². The van der Waals surface area contributed by atoms with Gasteiger partial charge < -0.3 is 15.3 Å². The van der Waals surface area contributed by atoms with Gasteiger partial charge in [-0.25, -0.2) is 4.79 Å². The molecule has 1 aromatic carbocycles. The number of hydrogen-bond donors (Lipinski definition) is 2. The van der Waals surface area contributed by atoms with Crippen LogP contribution in [-0.2, 0) is 11.2 Å². The molecular formula is C15H20N2O3. The van der Waals surface area contributed by atoms with Crippen molar-refractivity contribution in [1.29, 1.82) is 0 Å². The third-order valence-corrected chi connectivity index (χ3v) is 3.59. The van der Waals surface area contributed by atoms with Crippen LogP contribution in [-0.4, -0.2) is 41.6 Å². The number of aliphatic carboxylic acids is 1. The highest BCUT2D eigenvalue weighted by Crippen LogP contribution is 2.16. The van der Waals surface area contributed by atoms with Crippen LogP contribution in [0.5, 0.6) is 0 Å². The van der Waals surface area contributed by atoms with Crippen LogP contribution >= 0.6 is 0 Å². The zero-order valence-corrected chi connectivity index (χ0v) is 11.4. The Balaban J connectivity index is 1.75. The molecule has 1 aromatic rings. The molecule has 1 saturated heterocycles. The van der Waals surface area contributed by atoms with Crippen molar-refractivity contribution in [1.82, 2.24) is 10.2 Å². The van der Waals surface area contributed by atoms with Crippen molar-refractivity contribution in [3.8, 4) is 0 Å². The lowest BCUT2D eigenvalue weighted by Gasteiger charge is -2.30. The number of nitrogens with zero attached hydrogens (tertiary/aromatic N) is 1. The summed E-state index contributed by atoms with van der Waals surface area (Å²) < 4.78 is 0. The SMILES string of the molecule is O=C(O)[C@H]1CCCN(C(=O)NCCc2ccccc2)C1. The lowest BCUT2D eigenvalue weighted by Crippen LogP contribution is -2.47. The molecule has 0 unspecified atom stereocenters. The molecule has 2 N–H and O–H groups in total. The van der Waals surface area contributed by atoms with Crippen LogP contribution < -0.4 is 5.32 Å². The first-order valence-corrected chi connectivity index (χ1v) is 6.96. The predicted molar refractivity (Wildman–Crippen MR) is 75.5 cm³/mol. The number of likely N-dealkylation sites (tertiary alicyclic amines) is 1. The van der Waals surface area contributed by atoms with E-state index in [2.05, 4.69) is 5.32 Å². The van der Waals surface area contributed by atoms with E-state index < -0.39 is 11.9 Å². The lowest BCUT2D eigenvalue weighted by atomic mass is 9.99. The second-order valence-corrected chi connectivity index (χ2v) is 5.09. The molecule has 0 spiro atoms. The van der Waals surface area contributed by atoms with Crippen molar-refractivity contribution >= 4 is 12.0 Å². The van der Waals surface area contributed by atoms with Gasteiger partial charge in [-0.15, -0.1) is 0 Å². The largest absolute Gasteiger partial charge is 0.481 e. The fourth-order valence-electron chi connectivity index (χ4n) is 2.43. The van der Waals surface area contributed by atoms with Crippen molar-refractivity contribution in [2.24, 2.45) is 5.92 Å². The van der Waals surface area contributed by atoms with Gasteiger partial charge in [-0.2, -0.15) is 0 Å². The minimum atomic E-state index is -0.813. The molecule has 0 radical (unpaired) electrons. The molecule has 0 aliphatic carbocycles. The normalized spacial score (nSPS) is 18.6. The van der Waals surface area contributed by atoms with Crippen LogP contribution in [0.4, 0.5) is 4.79 Å². The number of urea groups is 1. The van der Waals surface area contributed by atoms with E-state index in [0.717, 1.165) is 12.8 Å². The Hall–Kier alpha value is -2.04. The summed E-state index contributed by atoms with van der Waals surface area (Å²) in [4.78, 5) is 24.5. The van der Waals surface area contributed by atoms with Gasteiger partial charge in [0.1, 0.15) is 0 Å². The average Bonchev–Trinajstić information content (AvgIpc) is 2.48. The molecule has 1 aliphatic rings. The molecule has 2 rings (SSSR count). The number of piperidine rings is 1. The molecule has 1 heterocycles. The van der Waals surface area contributed by atoms with Gasteiger partial charge in [0.05, 0.1) is 5.92 Å². The summed E-state index contributed by atoms with van der Waals surface area (Å²) in [6.07, 6.45) is 2.19. The molecule has 0 saturated carbocycles. The third kappa shape index (κ3) is 3.98. The van der Waals surface area contributed by atoms with Crippen LogP contribution in [0.25, 0.3) is 0 Å². The molecule has 2 amide bonds. The van der Waals surface area contributed by atoms with Gasteiger partial charge in [0.2, 0.25) is 0 Å². The molecular weight excluding hydrogens is 256 g/mol. The smallest absolute Gasteiger partial charge is 0.317 e. The Kier molecular flexibility index (Phi) is 4.98. The number of nitrogens with one attached hydrogen (secondary N) is 1. The molecule has 0 aromatic heterocycles. The molecule has 1 aliphatic heterocycles. The molecule has 20 heavy (non-hydrogen) atoms. The molecule has 5 heteroatoms. The average molecular weight is 276 g/mol. The zero-order valence-electron chi connectivity index (χ0n) is 11.4. The van der Waals surface area contributed by atoms with Gasteiger partial charge in [0, 0.05) is 19.6 Å². The Bertz CT molecular complexity index is 461. The Morgan fingerprint density at radius 3 is 2.75 bits per heavy atom. The monoisotopic (exact) mass is 276 g/mol. The number of amides is 2. The maximum atomic E-state index is 12.0. The molecule has 1 fully saturated rings. The van der Waals surface area contributed by atoms with Gasteiger partial charge in [0.25, 0.3) is 0 Å². The third-order valence-electron chi connectivity index (χ3n) is 3.59. The molecule has 108 valence electrons. The zero-order chi connectivity index (χ0) is 14.4. The van der Waals surface area contributed by atoms with Crippen LogP contribution in [0, 0.1) is 5.92 Å². The number of carbonyl (C=O) groups excluding carboxylic acids is 1. The van der Waals surface area contributed by atoms with E-state index in [-0.39, 0.29) is 6.03 Å². The van der Waals surface area contributed by atoms with Gasteiger partial charge >= 0.3 is 12.0 Å². The summed E-state index contributed by atoms with van der Waals surface area (Å²) >= 11 is 0. The number of carboxylic acids is 1. The maximum Gasteiger partial charge on any atom is 0.317 e. The first-order chi connectivity index (χ1) is 9.66. The van der Waals surface area contributed by atoms with Crippen molar-refractivity contribution < 1.29 is 14.7 Å². The Morgan fingerprint density at radius 2 is 2.05 bits per heavy atom. The van der Waals surface area contributed by atoms with Gasteiger partial charge in [-0.3, -0.25) is 4.79 Å². The van der Waals surface area contributed by atoms with E-state index in [0.29, 0.717) is 26.1 Å². The van der Waals surface area contributed by atoms with E-state index in [1.165, 1.54) is 5.56 Å². The topological polar surface area (TPSA) is 69.6 Å². The van der Waals surface area contributed by atoms with Crippen LogP contribution in [0.15, 0.2) is 30.3 Å². The molecule has 5 nitrogen and oxygen atoms in total. The summed E-state index contributed by atoms with van der Waals surface area (Å²) in [7, 11) is 0. The van der Waals surface area contributed by atoms with Crippen LogP contribution in [0.3, 0.4) is 0 Å². The summed E-state index contributed by atoms with van der Waals surface area (Å²) in [6.45, 7) is 1.52. The Morgan fingerprint density at radius 1 is 1.30 bits per heavy atom. The lowest BCUT2D eigenvalue weighted by molar-refractivity contribution is -0.143. The van der Waals surface area contributed by atoms with Crippen molar-refractivity contribution in [2.75, 3.05) is 19.6 Å². The highest BCUT2D eigenvalue weighted by atomic mass is 16.4. The minimum absolute atomic E-state index is 0.160.